The largest absolute Gasteiger partial charge is 0.379 e. The van der Waals surface area contributed by atoms with Crippen molar-refractivity contribution >= 4 is 23.0 Å². The van der Waals surface area contributed by atoms with Gasteiger partial charge >= 0.3 is 0 Å². The molecule has 1 atom stereocenters. The SMILES string of the molecule is CN=C(NCCCN(C)c1ccccc1)NCC(c1cccs1)N1CCOCC1. The van der Waals surface area contributed by atoms with Gasteiger partial charge in [-0.2, -0.15) is 0 Å². The molecule has 0 saturated carbocycles. The summed E-state index contributed by atoms with van der Waals surface area (Å²) in [5, 5.41) is 9.13. The molecule has 1 fully saturated rings. The third-order valence-electron chi connectivity index (χ3n) is 5.20. The summed E-state index contributed by atoms with van der Waals surface area (Å²) in [6.45, 7) is 6.29. The molecule has 158 valence electrons. The van der Waals surface area contributed by atoms with Crippen LogP contribution < -0.4 is 15.5 Å². The highest BCUT2D eigenvalue weighted by Gasteiger charge is 2.23. The Morgan fingerprint density at radius 2 is 1.97 bits per heavy atom. The van der Waals surface area contributed by atoms with Crippen LogP contribution >= 0.6 is 11.3 Å². The van der Waals surface area contributed by atoms with Gasteiger partial charge in [-0.15, -0.1) is 11.3 Å². The molecule has 3 rings (SSSR count). The van der Waals surface area contributed by atoms with E-state index in [1.165, 1.54) is 10.6 Å². The average molecular weight is 416 g/mol. The molecule has 1 saturated heterocycles. The number of rotatable bonds is 9. The first-order valence-corrected chi connectivity index (χ1v) is 11.2. The fraction of sp³-hybridized carbons (Fsp3) is 0.500. The van der Waals surface area contributed by atoms with E-state index in [1.54, 1.807) is 0 Å². The molecule has 1 aromatic carbocycles. The Kier molecular flexibility index (Phi) is 8.80. The Morgan fingerprint density at radius 3 is 2.66 bits per heavy atom. The Morgan fingerprint density at radius 1 is 1.17 bits per heavy atom. The Labute approximate surface area is 178 Å². The highest BCUT2D eigenvalue weighted by molar-refractivity contribution is 7.10. The maximum Gasteiger partial charge on any atom is 0.191 e. The van der Waals surface area contributed by atoms with Crippen LogP contribution in [0.25, 0.3) is 0 Å². The van der Waals surface area contributed by atoms with Crippen molar-refractivity contribution in [3.63, 3.8) is 0 Å². The van der Waals surface area contributed by atoms with Crippen LogP contribution in [0.5, 0.6) is 0 Å². The van der Waals surface area contributed by atoms with Gasteiger partial charge in [-0.3, -0.25) is 9.89 Å². The summed E-state index contributed by atoms with van der Waals surface area (Å²) < 4.78 is 5.53. The van der Waals surface area contributed by atoms with Crippen LogP contribution in [0.4, 0.5) is 5.69 Å². The molecule has 2 N–H and O–H groups in total. The number of hydrogen-bond acceptors (Lipinski definition) is 5. The van der Waals surface area contributed by atoms with Crippen molar-refractivity contribution in [3.05, 3.63) is 52.7 Å². The molecule has 0 radical (unpaired) electrons. The van der Waals surface area contributed by atoms with Crippen LogP contribution in [0.3, 0.4) is 0 Å². The molecule has 2 heterocycles. The van der Waals surface area contributed by atoms with E-state index in [0.29, 0.717) is 6.04 Å². The molecular weight excluding hydrogens is 382 g/mol. The minimum absolute atomic E-state index is 0.349. The van der Waals surface area contributed by atoms with Crippen LogP contribution in [0.1, 0.15) is 17.3 Å². The number of nitrogens with zero attached hydrogens (tertiary/aromatic N) is 3. The smallest absolute Gasteiger partial charge is 0.191 e. The van der Waals surface area contributed by atoms with Crippen molar-refractivity contribution in [1.82, 2.24) is 15.5 Å². The predicted octanol–water partition coefficient (Wildman–Crippen LogP) is 2.81. The topological polar surface area (TPSA) is 52.1 Å². The molecule has 1 aromatic heterocycles. The first-order valence-electron chi connectivity index (χ1n) is 10.3. The number of para-hydroxylation sites is 1. The fourth-order valence-corrected chi connectivity index (χ4v) is 4.39. The summed E-state index contributed by atoms with van der Waals surface area (Å²) in [5.74, 6) is 0.863. The molecule has 0 spiro atoms. The zero-order chi connectivity index (χ0) is 20.3. The van der Waals surface area contributed by atoms with Gasteiger partial charge in [0.2, 0.25) is 0 Å². The van der Waals surface area contributed by atoms with Crippen molar-refractivity contribution in [3.8, 4) is 0 Å². The molecule has 1 aliphatic heterocycles. The summed E-state index contributed by atoms with van der Waals surface area (Å²) >= 11 is 1.82. The molecule has 7 heteroatoms. The number of nitrogens with one attached hydrogen (secondary N) is 2. The van der Waals surface area contributed by atoms with Crippen molar-refractivity contribution in [2.75, 3.05) is 64.9 Å². The zero-order valence-electron chi connectivity index (χ0n) is 17.5. The Hall–Kier alpha value is -2.09. The van der Waals surface area contributed by atoms with E-state index in [1.807, 2.05) is 18.4 Å². The van der Waals surface area contributed by atoms with Gasteiger partial charge in [0.15, 0.2) is 5.96 Å². The fourth-order valence-electron chi connectivity index (χ4n) is 3.53. The third-order valence-corrected chi connectivity index (χ3v) is 6.18. The monoisotopic (exact) mass is 415 g/mol. The van der Waals surface area contributed by atoms with E-state index in [2.05, 4.69) is 80.3 Å². The van der Waals surface area contributed by atoms with Gasteiger partial charge in [0.05, 0.1) is 19.3 Å². The van der Waals surface area contributed by atoms with Gasteiger partial charge in [-0.05, 0) is 30.0 Å². The summed E-state index contributed by atoms with van der Waals surface area (Å²) in [6, 6.07) is 15.2. The summed E-state index contributed by atoms with van der Waals surface area (Å²) in [4.78, 5) is 10.6. The van der Waals surface area contributed by atoms with Crippen molar-refractivity contribution in [2.45, 2.75) is 12.5 Å². The normalized spacial score (nSPS) is 16.4. The van der Waals surface area contributed by atoms with Gasteiger partial charge < -0.3 is 20.3 Å². The second-order valence-corrected chi connectivity index (χ2v) is 8.15. The average Bonchev–Trinajstić information content (AvgIpc) is 3.31. The van der Waals surface area contributed by atoms with E-state index < -0.39 is 0 Å². The minimum atomic E-state index is 0.349. The maximum absolute atomic E-state index is 5.53. The lowest BCUT2D eigenvalue weighted by Gasteiger charge is -2.34. The van der Waals surface area contributed by atoms with Crippen LogP contribution in [0.2, 0.25) is 0 Å². The lowest BCUT2D eigenvalue weighted by atomic mass is 10.2. The minimum Gasteiger partial charge on any atom is -0.379 e. The quantitative estimate of drug-likeness (QED) is 0.375. The number of anilines is 1. The molecule has 1 unspecified atom stereocenters. The molecule has 6 nitrogen and oxygen atoms in total. The van der Waals surface area contributed by atoms with E-state index in [0.717, 1.165) is 58.3 Å². The number of ether oxygens (including phenoxy) is 1. The highest BCUT2D eigenvalue weighted by atomic mass is 32.1. The number of guanidine groups is 1. The Balaban J connectivity index is 1.43. The maximum atomic E-state index is 5.53. The van der Waals surface area contributed by atoms with Crippen molar-refractivity contribution in [2.24, 2.45) is 4.99 Å². The molecule has 29 heavy (non-hydrogen) atoms. The molecule has 0 amide bonds. The number of aliphatic imine (C=N–C) groups is 1. The van der Waals surface area contributed by atoms with Gasteiger partial charge in [0, 0.05) is 57.4 Å². The van der Waals surface area contributed by atoms with E-state index >= 15 is 0 Å². The van der Waals surface area contributed by atoms with E-state index in [4.69, 9.17) is 4.74 Å². The van der Waals surface area contributed by atoms with E-state index in [9.17, 15) is 0 Å². The standard InChI is InChI=1S/C22H33N5OS/c1-23-22(24-11-7-12-26(2)19-8-4-3-5-9-19)25-18-20(21-10-6-17-29-21)27-13-15-28-16-14-27/h3-6,8-10,17,20H,7,11-16,18H2,1-2H3,(H2,23,24,25). The summed E-state index contributed by atoms with van der Waals surface area (Å²) in [6.07, 6.45) is 1.05. The van der Waals surface area contributed by atoms with Gasteiger partial charge in [-0.25, -0.2) is 0 Å². The van der Waals surface area contributed by atoms with Crippen LogP contribution in [-0.4, -0.2) is 70.9 Å². The number of benzene rings is 1. The molecule has 2 aromatic rings. The number of morpholine rings is 1. The van der Waals surface area contributed by atoms with Crippen LogP contribution in [0.15, 0.2) is 52.8 Å². The second kappa shape index (κ2) is 11.8. The first-order chi connectivity index (χ1) is 14.3. The lowest BCUT2D eigenvalue weighted by molar-refractivity contribution is 0.0177. The van der Waals surface area contributed by atoms with Crippen molar-refractivity contribution in [1.29, 1.82) is 0 Å². The van der Waals surface area contributed by atoms with Crippen molar-refractivity contribution < 1.29 is 4.74 Å². The van der Waals surface area contributed by atoms with Crippen LogP contribution in [-0.2, 0) is 4.74 Å². The molecule has 0 bridgehead atoms. The molecule has 1 aliphatic rings. The van der Waals surface area contributed by atoms with E-state index in [-0.39, 0.29) is 0 Å². The van der Waals surface area contributed by atoms with Gasteiger partial charge in [0.1, 0.15) is 0 Å². The zero-order valence-corrected chi connectivity index (χ0v) is 18.3. The Bertz CT molecular complexity index is 716. The lowest BCUT2D eigenvalue weighted by Crippen LogP contribution is -2.46. The van der Waals surface area contributed by atoms with Gasteiger partial charge in [0.25, 0.3) is 0 Å². The third kappa shape index (κ3) is 6.73. The first kappa shape index (κ1) is 21.6. The summed E-state index contributed by atoms with van der Waals surface area (Å²) in [5.41, 5.74) is 1.25. The number of hydrogen-bond donors (Lipinski definition) is 2. The second-order valence-electron chi connectivity index (χ2n) is 7.17. The molecular formula is C22H33N5OS. The number of thiophene rings is 1. The van der Waals surface area contributed by atoms with Crippen LogP contribution in [0, 0.1) is 0 Å². The highest BCUT2D eigenvalue weighted by Crippen LogP contribution is 2.25. The summed E-state index contributed by atoms with van der Waals surface area (Å²) in [7, 11) is 3.97. The molecule has 0 aliphatic carbocycles. The predicted molar refractivity (Wildman–Crippen MR) is 123 cm³/mol. The van der Waals surface area contributed by atoms with Gasteiger partial charge in [-0.1, -0.05) is 24.3 Å².